The van der Waals surface area contributed by atoms with Crippen LogP contribution in [-0.4, -0.2) is 56.7 Å². The minimum Gasteiger partial charge on any atom is -0.492 e. The second-order valence-corrected chi connectivity index (χ2v) is 7.94. The summed E-state index contributed by atoms with van der Waals surface area (Å²) in [7, 11) is 0. The van der Waals surface area contributed by atoms with Gasteiger partial charge in [-0.2, -0.15) is 4.52 Å². The molecule has 3 aromatic heterocycles. The van der Waals surface area contributed by atoms with Crippen molar-refractivity contribution in [2.75, 3.05) is 26.3 Å². The predicted molar refractivity (Wildman–Crippen MR) is 97.9 cm³/mol. The number of ether oxygens (including phenoxy) is 2. The van der Waals surface area contributed by atoms with Gasteiger partial charge < -0.3 is 19.0 Å². The van der Waals surface area contributed by atoms with E-state index in [9.17, 15) is 5.11 Å². The molecule has 0 aliphatic carbocycles. The lowest BCUT2D eigenvalue weighted by Crippen LogP contribution is -2.46. The lowest BCUT2D eigenvalue weighted by atomic mass is 10.0. The first-order valence-electron chi connectivity index (χ1n) is 9.32. The number of thiazole rings is 1. The third kappa shape index (κ3) is 2.85. The van der Waals surface area contributed by atoms with Crippen LogP contribution in [-0.2, 0) is 15.9 Å². The van der Waals surface area contributed by atoms with Crippen LogP contribution in [0.5, 0.6) is 5.88 Å². The number of aromatic nitrogens is 3. The Hall–Kier alpha value is -1.94. The minimum atomic E-state index is -0.437. The molecule has 1 N–H and O–H groups in total. The van der Waals surface area contributed by atoms with E-state index in [1.54, 1.807) is 6.26 Å². The third-order valence-electron chi connectivity index (χ3n) is 5.36. The van der Waals surface area contributed by atoms with E-state index in [2.05, 4.69) is 15.0 Å². The number of piperidine rings is 1. The first-order valence-corrected chi connectivity index (χ1v) is 10.1. The summed E-state index contributed by atoms with van der Waals surface area (Å²) in [4.78, 5) is 8.31. The lowest BCUT2D eigenvalue weighted by Gasteiger charge is -2.40. The molecular weight excluding hydrogens is 368 g/mol. The van der Waals surface area contributed by atoms with Gasteiger partial charge in [0.2, 0.25) is 10.8 Å². The quantitative estimate of drug-likeness (QED) is 0.733. The molecule has 0 aromatic carbocycles. The largest absolute Gasteiger partial charge is 0.492 e. The Morgan fingerprint density at radius 1 is 1.30 bits per heavy atom. The van der Waals surface area contributed by atoms with Crippen molar-refractivity contribution in [2.24, 2.45) is 0 Å². The molecule has 0 saturated carbocycles. The molecule has 8 nitrogen and oxygen atoms in total. The zero-order valence-corrected chi connectivity index (χ0v) is 15.9. The third-order valence-corrected chi connectivity index (χ3v) is 6.43. The van der Waals surface area contributed by atoms with E-state index in [0.29, 0.717) is 18.2 Å². The van der Waals surface area contributed by atoms with Gasteiger partial charge in [-0.15, -0.1) is 5.10 Å². The zero-order valence-electron chi connectivity index (χ0n) is 15.1. The van der Waals surface area contributed by atoms with Crippen LogP contribution in [0.2, 0.25) is 0 Å². The Labute approximate surface area is 160 Å². The smallest absolute Gasteiger partial charge is 0.230 e. The first-order chi connectivity index (χ1) is 13.2. The minimum absolute atomic E-state index is 0.136. The molecule has 5 rings (SSSR count). The maximum atomic E-state index is 10.9. The van der Waals surface area contributed by atoms with Crippen molar-refractivity contribution >= 4 is 16.3 Å². The van der Waals surface area contributed by atoms with Crippen LogP contribution in [0.1, 0.15) is 42.3 Å². The Morgan fingerprint density at radius 2 is 2.07 bits per heavy atom. The van der Waals surface area contributed by atoms with Crippen molar-refractivity contribution in [1.29, 1.82) is 0 Å². The maximum absolute atomic E-state index is 10.9. The van der Waals surface area contributed by atoms with E-state index in [-0.39, 0.29) is 11.9 Å². The maximum Gasteiger partial charge on any atom is 0.230 e. The number of aryl methyl sites for hydroxylation is 1. The highest BCUT2D eigenvalue weighted by atomic mass is 32.1. The van der Waals surface area contributed by atoms with Crippen molar-refractivity contribution < 1.29 is 19.0 Å². The number of furan rings is 1. The van der Waals surface area contributed by atoms with E-state index in [1.807, 2.05) is 19.1 Å². The van der Waals surface area contributed by atoms with Crippen molar-refractivity contribution in [2.45, 2.75) is 38.0 Å². The van der Waals surface area contributed by atoms with Gasteiger partial charge in [0.05, 0.1) is 24.4 Å². The monoisotopic (exact) mass is 390 g/mol. The molecule has 2 aliphatic rings. The number of hydrogen-bond donors (Lipinski definition) is 1. The molecule has 9 heteroatoms. The molecule has 1 spiro atoms. The van der Waals surface area contributed by atoms with E-state index in [1.165, 1.54) is 15.9 Å². The fourth-order valence-electron chi connectivity index (χ4n) is 3.95. The summed E-state index contributed by atoms with van der Waals surface area (Å²) < 4.78 is 19.0. The molecule has 0 radical (unpaired) electrons. The standard InChI is InChI=1S/C18H22N4O4S/c1-2-13-19-17-22(20-13)16(23)15(27-17)14(12-4-3-9-24-12)21-7-5-18(6-8-21)25-10-11-26-18/h3-4,9,14,23H,2,5-8,10-11H2,1H3. The van der Waals surface area contributed by atoms with E-state index < -0.39 is 5.79 Å². The van der Waals surface area contributed by atoms with Crippen LogP contribution in [0, 0.1) is 0 Å². The molecule has 2 aliphatic heterocycles. The Kier molecular flexibility index (Phi) is 4.19. The zero-order chi connectivity index (χ0) is 18.4. The number of nitrogens with zero attached hydrogens (tertiary/aromatic N) is 4. The van der Waals surface area contributed by atoms with Crippen LogP contribution in [0.25, 0.3) is 4.96 Å². The summed E-state index contributed by atoms with van der Waals surface area (Å²) in [5.41, 5.74) is 0. The molecule has 1 unspecified atom stereocenters. The van der Waals surface area contributed by atoms with Gasteiger partial charge in [0, 0.05) is 32.4 Å². The van der Waals surface area contributed by atoms with Crippen LogP contribution in [0.3, 0.4) is 0 Å². The summed E-state index contributed by atoms with van der Waals surface area (Å²) in [5.74, 6) is 1.23. The van der Waals surface area contributed by atoms with Gasteiger partial charge in [0.25, 0.3) is 0 Å². The second-order valence-electron chi connectivity index (χ2n) is 6.93. The average molecular weight is 390 g/mol. The van der Waals surface area contributed by atoms with Crippen LogP contribution in [0.15, 0.2) is 22.8 Å². The SMILES string of the molecule is CCc1nc2sc(C(c3ccco3)N3CCC4(CC3)OCCO4)c(O)n2n1. The van der Waals surface area contributed by atoms with Gasteiger partial charge in [0.1, 0.15) is 11.8 Å². The molecule has 0 bridgehead atoms. The molecular formula is C18H22N4O4S. The Bertz CT molecular complexity index is 919. The van der Waals surface area contributed by atoms with Crippen molar-refractivity contribution in [3.8, 4) is 5.88 Å². The summed E-state index contributed by atoms with van der Waals surface area (Å²) in [5, 5.41) is 15.3. The molecule has 2 fully saturated rings. The predicted octanol–water partition coefficient (Wildman–Crippen LogP) is 2.58. The molecule has 27 heavy (non-hydrogen) atoms. The van der Waals surface area contributed by atoms with Crippen molar-refractivity contribution in [1.82, 2.24) is 19.5 Å². The van der Waals surface area contributed by atoms with Gasteiger partial charge >= 0.3 is 0 Å². The number of likely N-dealkylation sites (tertiary alicyclic amines) is 1. The van der Waals surface area contributed by atoms with Crippen molar-refractivity contribution in [3.05, 3.63) is 34.9 Å². The number of fused-ring (bicyclic) bond motifs is 1. The number of hydrogen-bond acceptors (Lipinski definition) is 8. The second kappa shape index (κ2) is 6.59. The first kappa shape index (κ1) is 17.2. The molecule has 2 saturated heterocycles. The van der Waals surface area contributed by atoms with Gasteiger partial charge in [-0.05, 0) is 12.1 Å². The molecule has 5 heterocycles. The molecule has 144 valence electrons. The highest BCUT2D eigenvalue weighted by Gasteiger charge is 2.43. The van der Waals surface area contributed by atoms with Crippen LogP contribution < -0.4 is 0 Å². The highest BCUT2D eigenvalue weighted by Crippen LogP contribution is 2.42. The molecule has 1 atom stereocenters. The van der Waals surface area contributed by atoms with Gasteiger partial charge in [-0.1, -0.05) is 18.3 Å². The fourth-order valence-corrected chi connectivity index (χ4v) is 5.07. The molecule has 0 amide bonds. The van der Waals surface area contributed by atoms with Gasteiger partial charge in [-0.25, -0.2) is 4.98 Å². The van der Waals surface area contributed by atoms with Gasteiger partial charge in [-0.3, -0.25) is 4.90 Å². The van der Waals surface area contributed by atoms with Crippen LogP contribution >= 0.6 is 11.3 Å². The van der Waals surface area contributed by atoms with E-state index in [4.69, 9.17) is 13.9 Å². The summed E-state index contributed by atoms with van der Waals surface area (Å²) >= 11 is 1.46. The fraction of sp³-hybridized carbons (Fsp3) is 0.556. The summed E-state index contributed by atoms with van der Waals surface area (Å²) in [6.45, 7) is 4.91. The van der Waals surface area contributed by atoms with Gasteiger partial charge in [0.15, 0.2) is 11.6 Å². The lowest BCUT2D eigenvalue weighted by molar-refractivity contribution is -0.187. The topological polar surface area (TPSA) is 85.3 Å². The number of rotatable bonds is 4. The summed E-state index contributed by atoms with van der Waals surface area (Å²) in [6.07, 6.45) is 4.00. The highest BCUT2D eigenvalue weighted by molar-refractivity contribution is 7.17. The number of aromatic hydroxyl groups is 1. The van der Waals surface area contributed by atoms with Crippen LogP contribution in [0.4, 0.5) is 0 Å². The molecule has 3 aromatic rings. The van der Waals surface area contributed by atoms with E-state index in [0.717, 1.165) is 48.8 Å². The average Bonchev–Trinajstić information content (AvgIpc) is 3.46. The Balaban J connectivity index is 1.49. The van der Waals surface area contributed by atoms with Crippen molar-refractivity contribution in [3.63, 3.8) is 0 Å². The normalized spacial score (nSPS) is 21.4. The van der Waals surface area contributed by atoms with E-state index >= 15 is 0 Å². The summed E-state index contributed by atoms with van der Waals surface area (Å²) in [6, 6.07) is 3.64. The Morgan fingerprint density at radius 3 is 2.70 bits per heavy atom.